The standard InChI is InChI=1S/C25H24BClF3N5O2/c1-13-8-16(22(32-4)33-12-31)15-6-5-7-20(21(15)34-13)37-11-17-18(9-14(28)10-19(17)27)24(2,26)35-23(36)25(3,29)30/h5-10,12H,11H2,1-4H3,(H,35,36)(H2,31,32,33)/t24-/m0/s1. The summed E-state index contributed by atoms with van der Waals surface area (Å²) in [6.45, 7) is 3.24. The molecule has 0 spiro atoms. The van der Waals surface area contributed by atoms with Crippen LogP contribution in [-0.4, -0.2) is 43.9 Å². The van der Waals surface area contributed by atoms with Gasteiger partial charge in [0.05, 0.1) is 11.4 Å². The summed E-state index contributed by atoms with van der Waals surface area (Å²) in [5, 5.41) is 2.66. The number of rotatable bonds is 7. The number of para-hydroxylation sites is 1. The Labute approximate surface area is 218 Å². The Morgan fingerprint density at radius 3 is 2.62 bits per heavy atom. The summed E-state index contributed by atoms with van der Waals surface area (Å²) in [7, 11) is 7.74. The van der Waals surface area contributed by atoms with Crippen LogP contribution in [0.15, 0.2) is 46.4 Å². The largest absolute Gasteiger partial charge is 0.487 e. The maximum absolute atomic E-state index is 14.3. The van der Waals surface area contributed by atoms with Gasteiger partial charge < -0.3 is 15.8 Å². The van der Waals surface area contributed by atoms with Crippen molar-refractivity contribution in [1.82, 2.24) is 10.3 Å². The first-order valence-electron chi connectivity index (χ1n) is 11.0. The molecular weight excluding hydrogens is 506 g/mol. The lowest BCUT2D eigenvalue weighted by Gasteiger charge is -2.31. The lowest BCUT2D eigenvalue weighted by atomic mass is 9.72. The number of hydrogen-bond donors (Lipinski definition) is 2. The van der Waals surface area contributed by atoms with Gasteiger partial charge in [-0.25, -0.2) is 14.4 Å². The summed E-state index contributed by atoms with van der Waals surface area (Å²) in [5.41, 5.74) is 5.56. The minimum atomic E-state index is -3.70. The monoisotopic (exact) mass is 529 g/mol. The van der Waals surface area contributed by atoms with Crippen molar-refractivity contribution < 1.29 is 22.7 Å². The Morgan fingerprint density at radius 1 is 1.30 bits per heavy atom. The molecule has 0 bridgehead atoms. The number of fused-ring (bicyclic) bond motifs is 1. The highest BCUT2D eigenvalue weighted by Gasteiger charge is 2.37. The molecule has 12 heteroatoms. The van der Waals surface area contributed by atoms with Crippen molar-refractivity contribution in [3.05, 3.63) is 69.6 Å². The van der Waals surface area contributed by atoms with Gasteiger partial charge in [0, 0.05) is 41.6 Å². The molecule has 192 valence electrons. The van der Waals surface area contributed by atoms with Gasteiger partial charge >= 0.3 is 5.92 Å². The molecule has 1 aromatic heterocycles. The predicted octanol–water partition coefficient (Wildman–Crippen LogP) is 4.39. The summed E-state index contributed by atoms with van der Waals surface area (Å²) >= 11 is 6.30. The van der Waals surface area contributed by atoms with Crippen molar-refractivity contribution in [1.29, 1.82) is 0 Å². The highest BCUT2D eigenvalue weighted by molar-refractivity contribution is 6.31. The highest BCUT2D eigenvalue weighted by atomic mass is 35.5. The van der Waals surface area contributed by atoms with Gasteiger partial charge in [0.25, 0.3) is 5.91 Å². The fourth-order valence-corrected chi connectivity index (χ4v) is 4.01. The normalized spacial score (nSPS) is 14.1. The number of hydrogen-bond acceptors (Lipinski definition) is 4. The van der Waals surface area contributed by atoms with Gasteiger partial charge in [-0.15, -0.1) is 0 Å². The molecule has 1 amide bonds. The van der Waals surface area contributed by atoms with Crippen LogP contribution in [0.3, 0.4) is 0 Å². The highest BCUT2D eigenvalue weighted by Crippen LogP contribution is 2.33. The summed E-state index contributed by atoms with van der Waals surface area (Å²) in [6.07, 6.45) is 1.14. The van der Waals surface area contributed by atoms with E-state index in [1.807, 2.05) is 17.4 Å². The molecule has 1 atom stereocenters. The van der Waals surface area contributed by atoms with Crippen LogP contribution in [0.2, 0.25) is 5.02 Å². The smallest absolute Gasteiger partial charge is 0.321 e. The number of aliphatic imine (C=N–C) groups is 2. The van der Waals surface area contributed by atoms with Gasteiger partial charge in [0.2, 0.25) is 0 Å². The molecule has 0 saturated carbocycles. The summed E-state index contributed by atoms with van der Waals surface area (Å²) in [4.78, 5) is 24.8. The van der Waals surface area contributed by atoms with Crippen LogP contribution in [0.5, 0.6) is 5.75 Å². The average Bonchev–Trinajstić information content (AvgIpc) is 2.80. The zero-order valence-corrected chi connectivity index (χ0v) is 21.3. The second-order valence-electron chi connectivity index (χ2n) is 8.54. The number of pyridine rings is 1. The van der Waals surface area contributed by atoms with Gasteiger partial charge in [-0.1, -0.05) is 23.7 Å². The molecule has 0 aliphatic carbocycles. The van der Waals surface area contributed by atoms with Crippen LogP contribution in [-0.2, 0) is 16.8 Å². The second-order valence-corrected chi connectivity index (χ2v) is 8.94. The molecule has 0 unspecified atom stereocenters. The Morgan fingerprint density at radius 2 is 2.00 bits per heavy atom. The third-order valence-corrected chi connectivity index (χ3v) is 5.78. The number of nitrogens with zero attached hydrogens (tertiary/aromatic N) is 3. The topological polar surface area (TPSA) is 102 Å². The SMILES string of the molecule is [B][C@@](C)(NC(=O)C(C)(F)F)c1cc(F)cc(Cl)c1COc1cccc2c(C(N=CN)=NC)cc(C)nc12. The van der Waals surface area contributed by atoms with Crippen LogP contribution in [0.1, 0.15) is 36.2 Å². The van der Waals surface area contributed by atoms with Gasteiger partial charge in [-0.2, -0.15) is 8.78 Å². The van der Waals surface area contributed by atoms with Crippen molar-refractivity contribution in [3.63, 3.8) is 0 Å². The van der Waals surface area contributed by atoms with Crippen LogP contribution >= 0.6 is 11.6 Å². The molecule has 1 heterocycles. The average molecular weight is 530 g/mol. The molecule has 0 fully saturated rings. The molecule has 0 saturated heterocycles. The maximum Gasteiger partial charge on any atom is 0.321 e. The van der Waals surface area contributed by atoms with E-state index in [4.69, 9.17) is 29.9 Å². The zero-order chi connectivity index (χ0) is 27.5. The molecule has 2 radical (unpaired) electrons. The van der Waals surface area contributed by atoms with Crippen LogP contribution in [0.25, 0.3) is 10.9 Å². The molecule has 3 N–H and O–H groups in total. The molecule has 0 aliphatic heterocycles. The van der Waals surface area contributed by atoms with Crippen molar-refractivity contribution in [2.45, 2.75) is 38.7 Å². The van der Waals surface area contributed by atoms with E-state index in [1.54, 1.807) is 26.1 Å². The number of amides is 1. The molecule has 37 heavy (non-hydrogen) atoms. The molecule has 2 aromatic carbocycles. The number of nitrogens with one attached hydrogen (secondary N) is 1. The lowest BCUT2D eigenvalue weighted by Crippen LogP contribution is -2.50. The fourth-order valence-electron chi connectivity index (χ4n) is 3.75. The van der Waals surface area contributed by atoms with Crippen molar-refractivity contribution >= 4 is 48.4 Å². The molecule has 3 rings (SSSR count). The van der Waals surface area contributed by atoms with Gasteiger partial charge in [0.15, 0.2) is 5.84 Å². The Hall–Kier alpha value is -3.60. The third kappa shape index (κ3) is 6.22. The lowest BCUT2D eigenvalue weighted by molar-refractivity contribution is -0.144. The van der Waals surface area contributed by atoms with Crippen molar-refractivity contribution in [2.75, 3.05) is 7.05 Å². The van der Waals surface area contributed by atoms with Crippen molar-refractivity contribution in [3.8, 4) is 5.75 Å². The number of alkyl halides is 2. The van der Waals surface area contributed by atoms with Gasteiger partial charge in [-0.3, -0.25) is 9.79 Å². The number of halogens is 4. The number of ether oxygens (including phenoxy) is 1. The molecular formula is C25H24BClF3N5O2. The molecule has 7 nitrogen and oxygen atoms in total. The Bertz CT molecular complexity index is 1410. The third-order valence-electron chi connectivity index (χ3n) is 5.44. The first-order chi connectivity index (χ1) is 17.3. The second kappa shape index (κ2) is 10.8. The van der Waals surface area contributed by atoms with E-state index in [0.717, 1.165) is 18.5 Å². The first-order valence-corrected chi connectivity index (χ1v) is 11.4. The summed E-state index contributed by atoms with van der Waals surface area (Å²) in [5.74, 6) is -5.35. The van der Waals surface area contributed by atoms with Gasteiger partial charge in [0.1, 0.15) is 31.5 Å². The van der Waals surface area contributed by atoms with Crippen LogP contribution in [0.4, 0.5) is 13.2 Å². The minimum absolute atomic E-state index is 0.0298. The van der Waals surface area contributed by atoms with E-state index in [-0.39, 0.29) is 22.8 Å². The predicted molar refractivity (Wildman–Crippen MR) is 139 cm³/mol. The summed E-state index contributed by atoms with van der Waals surface area (Å²) in [6, 6.07) is 9.08. The zero-order valence-electron chi connectivity index (χ0n) is 20.6. The number of nitrogens with two attached hydrogens (primary N) is 1. The van der Waals surface area contributed by atoms with Crippen LogP contribution < -0.4 is 15.8 Å². The van der Waals surface area contributed by atoms with E-state index in [2.05, 4.69) is 15.0 Å². The van der Waals surface area contributed by atoms with E-state index >= 15 is 0 Å². The Balaban J connectivity index is 2.06. The fraction of sp³-hybridized carbons (Fsp3) is 0.280. The molecule has 3 aromatic rings. The number of amidine groups is 1. The number of aromatic nitrogens is 1. The minimum Gasteiger partial charge on any atom is -0.487 e. The van der Waals surface area contributed by atoms with Crippen LogP contribution in [0, 0.1) is 12.7 Å². The summed E-state index contributed by atoms with van der Waals surface area (Å²) < 4.78 is 47.3. The molecule has 0 aliphatic rings. The number of benzene rings is 2. The first kappa shape index (κ1) is 28.0. The Kier molecular flexibility index (Phi) is 8.17. The van der Waals surface area contributed by atoms with Gasteiger partial charge in [-0.05, 0) is 43.7 Å². The van der Waals surface area contributed by atoms with E-state index in [1.165, 1.54) is 6.92 Å². The maximum atomic E-state index is 14.3. The number of carbonyl (C=O) groups is 1. The van der Waals surface area contributed by atoms with E-state index in [9.17, 15) is 18.0 Å². The van der Waals surface area contributed by atoms with E-state index in [0.29, 0.717) is 40.7 Å². The van der Waals surface area contributed by atoms with E-state index < -0.39 is 23.1 Å². The van der Waals surface area contributed by atoms with Crippen molar-refractivity contribution in [2.24, 2.45) is 15.7 Å². The quantitative estimate of drug-likeness (QED) is 0.269. The number of aryl methyl sites for hydroxylation is 1. The number of carbonyl (C=O) groups excluding carboxylic acids is 1.